The zero-order valence-corrected chi connectivity index (χ0v) is 18.3. The van der Waals surface area contributed by atoms with Crippen LogP contribution in [0.4, 0.5) is 9.18 Å². The topological polar surface area (TPSA) is 69.6 Å². The summed E-state index contributed by atoms with van der Waals surface area (Å²) >= 11 is 3.13. The maximum atomic E-state index is 13.8. The summed E-state index contributed by atoms with van der Waals surface area (Å²) in [5.41, 5.74) is -0.869. The lowest BCUT2D eigenvalue weighted by Gasteiger charge is -2.24. The number of amides is 1. The van der Waals surface area contributed by atoms with E-state index in [1.54, 1.807) is 46.2 Å². The fraction of sp³-hybridized carbons (Fsp3) is 0.500. The molecule has 1 amide bonds. The zero-order valence-electron chi connectivity index (χ0n) is 16.7. The molecule has 0 saturated heterocycles. The number of nitrogens with zero attached hydrogens (tertiary/aromatic N) is 1. The fourth-order valence-corrected chi connectivity index (χ4v) is 3.21. The van der Waals surface area contributed by atoms with Crippen molar-refractivity contribution in [2.75, 3.05) is 7.11 Å². The van der Waals surface area contributed by atoms with Crippen molar-refractivity contribution >= 4 is 32.8 Å². The van der Waals surface area contributed by atoms with Gasteiger partial charge in [-0.05, 0) is 73.6 Å². The van der Waals surface area contributed by atoms with E-state index in [1.165, 1.54) is 10.6 Å². The first-order valence-electron chi connectivity index (χ1n) is 9.00. The lowest BCUT2D eigenvalue weighted by atomic mass is 10.1. The molecule has 8 heteroatoms. The molecule has 0 aliphatic heterocycles. The Hall–Kier alpha value is -1.93. The number of rotatable bonds is 6. The Balaban J connectivity index is 2.10. The molecular weight excluding hydrogens is 431 g/mol. The van der Waals surface area contributed by atoms with E-state index in [4.69, 9.17) is 9.47 Å². The van der Waals surface area contributed by atoms with E-state index in [2.05, 4.69) is 21.2 Å². The number of hydrogen-bond donors (Lipinski definition) is 1. The van der Waals surface area contributed by atoms with E-state index < -0.39 is 17.5 Å². The van der Waals surface area contributed by atoms with Crippen molar-refractivity contribution in [3.05, 3.63) is 45.0 Å². The molecule has 0 aliphatic rings. The van der Waals surface area contributed by atoms with Gasteiger partial charge >= 0.3 is 6.09 Å². The average Bonchev–Trinajstić information content (AvgIpc) is 2.56. The maximum absolute atomic E-state index is 13.8. The number of methoxy groups -OCH3 is 1. The molecule has 1 N–H and O–H groups in total. The quantitative estimate of drug-likeness (QED) is 0.706. The van der Waals surface area contributed by atoms with E-state index in [1.807, 2.05) is 6.92 Å². The number of pyridine rings is 1. The van der Waals surface area contributed by atoms with Crippen molar-refractivity contribution in [2.45, 2.75) is 58.4 Å². The Morgan fingerprint density at radius 2 is 2.04 bits per heavy atom. The number of benzene rings is 1. The van der Waals surface area contributed by atoms with Gasteiger partial charge in [0, 0.05) is 19.3 Å². The molecule has 154 valence electrons. The number of nitrogens with one attached hydrogen (secondary N) is 1. The van der Waals surface area contributed by atoms with Crippen LogP contribution < -0.4 is 10.9 Å². The Morgan fingerprint density at radius 1 is 1.36 bits per heavy atom. The van der Waals surface area contributed by atoms with Crippen molar-refractivity contribution in [3.63, 3.8) is 0 Å². The third-order valence-electron chi connectivity index (χ3n) is 4.13. The highest BCUT2D eigenvalue weighted by Crippen LogP contribution is 2.21. The van der Waals surface area contributed by atoms with Crippen LogP contribution in [0.1, 0.15) is 34.1 Å². The number of carbonyl (C=O) groups excluding carboxylic acids is 1. The van der Waals surface area contributed by atoms with Crippen LogP contribution >= 0.6 is 15.9 Å². The molecule has 0 radical (unpaired) electrons. The van der Waals surface area contributed by atoms with Crippen LogP contribution in [-0.2, 0) is 16.0 Å². The second-order valence-corrected chi connectivity index (χ2v) is 8.62. The van der Waals surface area contributed by atoms with Crippen LogP contribution in [0.25, 0.3) is 10.8 Å². The Labute approximate surface area is 172 Å². The van der Waals surface area contributed by atoms with Crippen LogP contribution in [0.2, 0.25) is 0 Å². The van der Waals surface area contributed by atoms with Crippen molar-refractivity contribution in [3.8, 4) is 0 Å². The summed E-state index contributed by atoms with van der Waals surface area (Å²) in [6.07, 6.45) is 1.32. The summed E-state index contributed by atoms with van der Waals surface area (Å²) < 4.78 is 26.4. The molecule has 0 fully saturated rings. The van der Waals surface area contributed by atoms with Gasteiger partial charge in [0.1, 0.15) is 11.4 Å². The summed E-state index contributed by atoms with van der Waals surface area (Å²) in [4.78, 5) is 24.6. The lowest BCUT2D eigenvalue weighted by Crippen LogP contribution is -2.40. The van der Waals surface area contributed by atoms with Gasteiger partial charge in [0.2, 0.25) is 0 Å². The highest BCUT2D eigenvalue weighted by molar-refractivity contribution is 9.10. The van der Waals surface area contributed by atoms with Gasteiger partial charge in [-0.2, -0.15) is 0 Å². The molecule has 2 rings (SSSR count). The highest BCUT2D eigenvalue weighted by Gasteiger charge is 2.20. The van der Waals surface area contributed by atoms with Crippen LogP contribution in [0.5, 0.6) is 0 Å². The summed E-state index contributed by atoms with van der Waals surface area (Å²) in [5, 5.41) is 3.72. The first kappa shape index (κ1) is 22.4. The normalized spacial score (nSPS) is 14.0. The monoisotopic (exact) mass is 456 g/mol. The number of hydrogen-bond acceptors (Lipinski definition) is 4. The first-order chi connectivity index (χ1) is 13.0. The van der Waals surface area contributed by atoms with Crippen LogP contribution in [0.3, 0.4) is 0 Å². The summed E-state index contributed by atoms with van der Waals surface area (Å²) in [6.45, 7) is 7.50. The predicted octanol–water partition coefficient (Wildman–Crippen LogP) is 4.22. The Morgan fingerprint density at radius 3 is 2.64 bits per heavy atom. The number of aromatic nitrogens is 1. The van der Waals surface area contributed by atoms with Crippen molar-refractivity contribution < 1.29 is 18.7 Å². The van der Waals surface area contributed by atoms with E-state index in [9.17, 15) is 14.0 Å². The minimum absolute atomic E-state index is 0.218. The molecule has 2 aromatic rings. The molecule has 1 aromatic carbocycles. The van der Waals surface area contributed by atoms with Gasteiger partial charge < -0.3 is 19.4 Å². The van der Waals surface area contributed by atoms with Gasteiger partial charge in [-0.15, -0.1) is 0 Å². The lowest BCUT2D eigenvalue weighted by molar-refractivity contribution is 0.0446. The van der Waals surface area contributed by atoms with Gasteiger partial charge in [0.25, 0.3) is 5.56 Å². The molecule has 1 aromatic heterocycles. The van der Waals surface area contributed by atoms with Crippen molar-refractivity contribution in [1.82, 2.24) is 9.88 Å². The number of carbonyl (C=O) groups is 1. The minimum Gasteiger partial charge on any atom is -0.444 e. The van der Waals surface area contributed by atoms with E-state index >= 15 is 0 Å². The number of ether oxygens (including phenoxy) is 2. The first-order valence-corrected chi connectivity index (χ1v) is 9.80. The third kappa shape index (κ3) is 6.04. The number of alkyl carbamates (subject to hydrolysis) is 1. The Kier molecular flexibility index (Phi) is 7.22. The molecule has 1 heterocycles. The van der Waals surface area contributed by atoms with Gasteiger partial charge in [0.05, 0.1) is 22.5 Å². The van der Waals surface area contributed by atoms with Crippen molar-refractivity contribution in [1.29, 1.82) is 0 Å². The van der Waals surface area contributed by atoms with Gasteiger partial charge in [-0.1, -0.05) is 0 Å². The molecule has 0 aliphatic carbocycles. The summed E-state index contributed by atoms with van der Waals surface area (Å²) in [5.74, 6) is -0.485. The SMILES string of the molecule is COC(C[C@H](C)NC(=O)OC(C)(C)C)Cn1ccc2cc(Br)c(F)cc2c1=O. The van der Waals surface area contributed by atoms with Crippen molar-refractivity contribution in [2.24, 2.45) is 0 Å². The second-order valence-electron chi connectivity index (χ2n) is 7.77. The molecular formula is C20H26BrFN2O4. The van der Waals surface area contributed by atoms with Crippen LogP contribution in [0.15, 0.2) is 33.7 Å². The fourth-order valence-electron chi connectivity index (χ4n) is 2.85. The molecule has 28 heavy (non-hydrogen) atoms. The molecule has 6 nitrogen and oxygen atoms in total. The Bertz CT molecular complexity index is 907. The van der Waals surface area contributed by atoms with Crippen LogP contribution in [0, 0.1) is 5.82 Å². The molecule has 0 spiro atoms. The number of halogens is 2. The van der Waals surface area contributed by atoms with Gasteiger partial charge in [-0.25, -0.2) is 9.18 Å². The maximum Gasteiger partial charge on any atom is 0.407 e. The standard InChI is InChI=1S/C20H26BrFN2O4/c1-12(23-19(26)28-20(2,3)4)8-14(27-5)11-24-7-6-13-9-16(21)17(22)10-15(13)18(24)25/h6-7,9-10,12,14H,8,11H2,1-5H3,(H,23,26)/t12-,14?/m0/s1. The van der Waals surface area contributed by atoms with E-state index in [-0.39, 0.29) is 24.2 Å². The van der Waals surface area contributed by atoms with Gasteiger partial charge in [-0.3, -0.25) is 4.79 Å². The van der Waals surface area contributed by atoms with Gasteiger partial charge in [0.15, 0.2) is 0 Å². The predicted molar refractivity (Wildman–Crippen MR) is 110 cm³/mol. The molecule has 0 saturated carbocycles. The average molecular weight is 457 g/mol. The van der Waals surface area contributed by atoms with E-state index in [0.29, 0.717) is 21.7 Å². The largest absolute Gasteiger partial charge is 0.444 e. The molecule has 2 atom stereocenters. The van der Waals surface area contributed by atoms with Crippen LogP contribution in [-0.4, -0.2) is 35.5 Å². The third-order valence-corrected chi connectivity index (χ3v) is 4.74. The second kappa shape index (κ2) is 9.05. The summed E-state index contributed by atoms with van der Waals surface area (Å²) in [6, 6.07) is 4.35. The van der Waals surface area contributed by atoms with E-state index in [0.717, 1.165) is 0 Å². The minimum atomic E-state index is -0.576. The summed E-state index contributed by atoms with van der Waals surface area (Å²) in [7, 11) is 1.55. The highest BCUT2D eigenvalue weighted by atomic mass is 79.9. The number of fused-ring (bicyclic) bond motifs is 1. The molecule has 1 unspecified atom stereocenters. The molecule has 0 bridgehead atoms. The smallest absolute Gasteiger partial charge is 0.407 e. The zero-order chi connectivity index (χ0) is 21.1.